The van der Waals surface area contributed by atoms with Gasteiger partial charge in [0.15, 0.2) is 0 Å². The molecule has 0 spiro atoms. The van der Waals surface area contributed by atoms with Gasteiger partial charge in [-0.3, -0.25) is 4.79 Å². The zero-order chi connectivity index (χ0) is 15.1. The number of carbonyl (C=O) groups is 1. The van der Waals surface area contributed by atoms with Crippen LogP contribution in [0.4, 0.5) is 13.2 Å². The Morgan fingerprint density at radius 3 is 2.55 bits per heavy atom. The van der Waals surface area contributed by atoms with E-state index in [0.29, 0.717) is 0 Å². The molecule has 2 aromatic rings. The van der Waals surface area contributed by atoms with Crippen LogP contribution >= 0.6 is 0 Å². The molecule has 0 aliphatic rings. The molecule has 0 atom stereocenters. The Kier molecular flexibility index (Phi) is 3.24. The molecule has 0 amide bonds. The highest BCUT2D eigenvalue weighted by Gasteiger charge is 2.31. The van der Waals surface area contributed by atoms with Crippen molar-refractivity contribution in [3.05, 3.63) is 39.8 Å². The number of hydrogen-bond acceptors (Lipinski definition) is 4. The van der Waals surface area contributed by atoms with Crippen LogP contribution in [-0.2, 0) is 18.0 Å². The highest BCUT2D eigenvalue weighted by molar-refractivity contribution is 5.89. The second kappa shape index (κ2) is 4.62. The molecule has 0 saturated heterocycles. The highest BCUT2D eigenvalue weighted by Crippen LogP contribution is 2.30. The van der Waals surface area contributed by atoms with Crippen LogP contribution in [0, 0.1) is 0 Å². The Morgan fingerprint density at radius 1 is 1.35 bits per heavy atom. The van der Waals surface area contributed by atoms with Crippen LogP contribution in [0.15, 0.2) is 23.0 Å². The number of methoxy groups -OCH3 is 1. The zero-order valence-corrected chi connectivity index (χ0v) is 10.5. The molecule has 0 aliphatic heterocycles. The summed E-state index contributed by atoms with van der Waals surface area (Å²) >= 11 is 0. The van der Waals surface area contributed by atoms with Gasteiger partial charge >= 0.3 is 12.1 Å². The topological polar surface area (TPSA) is 61.2 Å². The Hall–Kier alpha value is -2.38. The number of nitrogens with zero attached hydrogens (tertiary/aromatic N) is 2. The van der Waals surface area contributed by atoms with E-state index in [0.717, 1.165) is 29.9 Å². The molecule has 0 fully saturated rings. The lowest BCUT2D eigenvalue weighted by Gasteiger charge is -2.10. The lowest BCUT2D eigenvalue weighted by atomic mass is 10.2. The lowest BCUT2D eigenvalue weighted by Crippen LogP contribution is -2.27. The number of carbonyl (C=O) groups excluding carboxylic acids is 1. The normalized spacial score (nSPS) is 11.7. The van der Waals surface area contributed by atoms with E-state index >= 15 is 0 Å². The summed E-state index contributed by atoms with van der Waals surface area (Å²) in [5.74, 6) is -0.938. The summed E-state index contributed by atoms with van der Waals surface area (Å²) < 4.78 is 43.2. The predicted molar refractivity (Wildman–Crippen MR) is 63.3 cm³/mol. The maximum atomic E-state index is 12.6. The Morgan fingerprint density at radius 2 is 2.00 bits per heavy atom. The van der Waals surface area contributed by atoms with E-state index in [-0.39, 0.29) is 11.0 Å². The Bertz CT molecular complexity index is 750. The number of esters is 1. The zero-order valence-electron chi connectivity index (χ0n) is 10.5. The Balaban J connectivity index is 2.77. The molecule has 20 heavy (non-hydrogen) atoms. The number of halogens is 3. The molecule has 0 aliphatic carbocycles. The van der Waals surface area contributed by atoms with Crippen molar-refractivity contribution in [1.29, 1.82) is 0 Å². The lowest BCUT2D eigenvalue weighted by molar-refractivity contribution is -0.137. The molecule has 1 heterocycles. The van der Waals surface area contributed by atoms with Crippen molar-refractivity contribution in [1.82, 2.24) is 9.55 Å². The Labute approximate surface area is 110 Å². The summed E-state index contributed by atoms with van der Waals surface area (Å²) in [6.45, 7) is 0. The molecule has 0 radical (unpaired) electrons. The van der Waals surface area contributed by atoms with Crippen molar-refractivity contribution >= 4 is 17.0 Å². The maximum Gasteiger partial charge on any atom is 0.416 e. The summed E-state index contributed by atoms with van der Waals surface area (Å²) in [5.41, 5.74) is -2.10. The fourth-order valence-electron chi connectivity index (χ4n) is 1.73. The van der Waals surface area contributed by atoms with Gasteiger partial charge < -0.3 is 9.30 Å². The number of aromatic nitrogens is 2. The number of fused-ring (bicyclic) bond motifs is 1. The standard InChI is InChI=1S/C12H9F3N2O3/c1-17-8-5-6(12(13,14)15)3-4-7(8)16-9(10(17)18)11(19)20-2/h3-5H,1-2H3. The first-order valence-corrected chi connectivity index (χ1v) is 5.42. The molecule has 106 valence electrons. The minimum absolute atomic E-state index is 0.0162. The molecule has 1 aromatic carbocycles. The van der Waals surface area contributed by atoms with E-state index in [2.05, 4.69) is 9.72 Å². The molecule has 0 bridgehead atoms. The first-order valence-electron chi connectivity index (χ1n) is 5.42. The summed E-state index contributed by atoms with van der Waals surface area (Å²) in [6, 6.07) is 2.75. The van der Waals surface area contributed by atoms with Crippen molar-refractivity contribution in [2.75, 3.05) is 7.11 Å². The highest BCUT2D eigenvalue weighted by atomic mass is 19.4. The monoisotopic (exact) mass is 286 g/mol. The fourth-order valence-corrected chi connectivity index (χ4v) is 1.73. The van der Waals surface area contributed by atoms with Crippen LogP contribution < -0.4 is 5.56 Å². The van der Waals surface area contributed by atoms with E-state index in [4.69, 9.17) is 0 Å². The first-order chi connectivity index (χ1) is 9.25. The van der Waals surface area contributed by atoms with Gasteiger partial charge in [-0.2, -0.15) is 13.2 Å². The van der Waals surface area contributed by atoms with E-state index in [1.807, 2.05) is 0 Å². The molecule has 1 aromatic heterocycles. The van der Waals surface area contributed by atoms with Crippen LogP contribution in [0.25, 0.3) is 11.0 Å². The largest absolute Gasteiger partial charge is 0.464 e. The SMILES string of the molecule is COC(=O)c1nc2ccc(C(F)(F)F)cc2n(C)c1=O. The summed E-state index contributed by atoms with van der Waals surface area (Å²) in [5, 5.41) is 0. The number of aryl methyl sites for hydroxylation is 1. The van der Waals surface area contributed by atoms with Gasteiger partial charge in [-0.15, -0.1) is 0 Å². The summed E-state index contributed by atoms with van der Waals surface area (Å²) in [4.78, 5) is 27.0. The first kappa shape index (κ1) is 14.0. The molecule has 0 saturated carbocycles. The number of rotatable bonds is 1. The third-order valence-electron chi connectivity index (χ3n) is 2.78. The third kappa shape index (κ3) is 2.24. The van der Waals surface area contributed by atoms with E-state index in [9.17, 15) is 22.8 Å². The molecule has 8 heteroatoms. The summed E-state index contributed by atoms with van der Waals surface area (Å²) in [6.07, 6.45) is -4.52. The van der Waals surface area contributed by atoms with E-state index in [1.54, 1.807) is 0 Å². The number of ether oxygens (including phenoxy) is 1. The van der Waals surface area contributed by atoms with Crippen LogP contribution in [0.5, 0.6) is 0 Å². The number of benzene rings is 1. The molecule has 2 rings (SSSR count). The van der Waals surface area contributed by atoms with Crippen molar-refractivity contribution in [3.8, 4) is 0 Å². The third-order valence-corrected chi connectivity index (χ3v) is 2.78. The van der Waals surface area contributed by atoms with Crippen LogP contribution in [0.3, 0.4) is 0 Å². The van der Waals surface area contributed by atoms with Gasteiger partial charge in [0.1, 0.15) is 0 Å². The minimum Gasteiger partial charge on any atom is -0.464 e. The average molecular weight is 286 g/mol. The fraction of sp³-hybridized carbons (Fsp3) is 0.250. The van der Waals surface area contributed by atoms with E-state index in [1.165, 1.54) is 7.05 Å². The summed E-state index contributed by atoms with van der Waals surface area (Å²) in [7, 11) is 2.35. The maximum absolute atomic E-state index is 12.6. The van der Waals surface area contributed by atoms with Crippen molar-refractivity contribution in [3.63, 3.8) is 0 Å². The average Bonchev–Trinajstić information content (AvgIpc) is 2.40. The van der Waals surface area contributed by atoms with Gasteiger partial charge in [-0.25, -0.2) is 9.78 Å². The smallest absolute Gasteiger partial charge is 0.416 e. The van der Waals surface area contributed by atoms with Gasteiger partial charge in [-0.05, 0) is 18.2 Å². The molecule has 0 N–H and O–H groups in total. The van der Waals surface area contributed by atoms with Crippen LogP contribution in [-0.4, -0.2) is 22.6 Å². The number of alkyl halides is 3. The molecule has 5 nitrogen and oxygen atoms in total. The second-order valence-electron chi connectivity index (χ2n) is 4.02. The second-order valence-corrected chi connectivity index (χ2v) is 4.02. The van der Waals surface area contributed by atoms with Gasteiger partial charge in [0.2, 0.25) is 5.69 Å². The molecular weight excluding hydrogens is 277 g/mol. The van der Waals surface area contributed by atoms with Crippen molar-refractivity contribution < 1.29 is 22.7 Å². The molecule has 0 unspecified atom stereocenters. The van der Waals surface area contributed by atoms with Crippen molar-refractivity contribution in [2.24, 2.45) is 7.05 Å². The van der Waals surface area contributed by atoms with Gasteiger partial charge in [0.05, 0.1) is 23.7 Å². The predicted octanol–water partition coefficient (Wildman–Crippen LogP) is 1.74. The van der Waals surface area contributed by atoms with Gasteiger partial charge in [-0.1, -0.05) is 0 Å². The van der Waals surface area contributed by atoms with Crippen molar-refractivity contribution in [2.45, 2.75) is 6.18 Å². The van der Waals surface area contributed by atoms with E-state index < -0.39 is 29.0 Å². The van der Waals surface area contributed by atoms with Gasteiger partial charge in [0.25, 0.3) is 5.56 Å². The minimum atomic E-state index is -4.52. The van der Waals surface area contributed by atoms with Gasteiger partial charge in [0, 0.05) is 7.05 Å². The number of hydrogen-bond donors (Lipinski definition) is 0. The van der Waals surface area contributed by atoms with Crippen LogP contribution in [0.2, 0.25) is 0 Å². The quantitative estimate of drug-likeness (QED) is 0.749. The van der Waals surface area contributed by atoms with Crippen LogP contribution in [0.1, 0.15) is 16.1 Å². The molecular formula is C12H9F3N2O3.